The van der Waals surface area contributed by atoms with Crippen LogP contribution in [0.1, 0.15) is 29.8 Å². The number of rotatable bonds is 2. The molecule has 1 atom stereocenters. The largest absolute Gasteiger partial charge is 0.481 e. The molecule has 2 N–H and O–H groups in total. The van der Waals surface area contributed by atoms with Crippen molar-refractivity contribution in [3.63, 3.8) is 0 Å². The Morgan fingerprint density at radius 3 is 3.29 bits per heavy atom. The number of hydrogen-bond donors (Lipinski definition) is 2. The van der Waals surface area contributed by atoms with Crippen molar-refractivity contribution in [2.45, 2.75) is 25.8 Å². The lowest BCUT2D eigenvalue weighted by atomic mass is 10.0. The van der Waals surface area contributed by atoms with Crippen LogP contribution in [0, 0.1) is 6.92 Å². The Kier molecular flexibility index (Phi) is 2.25. The van der Waals surface area contributed by atoms with Gasteiger partial charge >= 0.3 is 5.97 Å². The highest BCUT2D eigenvalue weighted by atomic mass is 16.4. The fourth-order valence-electron chi connectivity index (χ4n) is 1.73. The number of aliphatic carboxylic acids is 1. The van der Waals surface area contributed by atoms with Crippen molar-refractivity contribution in [1.29, 1.82) is 0 Å². The second-order valence-electron chi connectivity index (χ2n) is 3.40. The first-order valence-corrected chi connectivity index (χ1v) is 4.58. The normalized spacial score (nSPS) is 20.5. The minimum Gasteiger partial charge on any atom is -0.481 e. The number of carboxylic acids is 1. The topological polar surface area (TPSA) is 75.4 Å². The molecule has 0 saturated heterocycles. The van der Waals surface area contributed by atoms with Gasteiger partial charge in [0.2, 0.25) is 0 Å². The van der Waals surface area contributed by atoms with E-state index in [0.717, 1.165) is 18.7 Å². The molecule has 1 aliphatic heterocycles. The molecule has 5 nitrogen and oxygen atoms in total. The van der Waals surface area contributed by atoms with Crippen LogP contribution in [0.4, 0.5) is 0 Å². The van der Waals surface area contributed by atoms with E-state index in [1.807, 2.05) is 0 Å². The third-order valence-electron chi connectivity index (χ3n) is 2.28. The lowest BCUT2D eigenvalue weighted by Gasteiger charge is -2.19. The molecule has 1 aromatic rings. The van der Waals surface area contributed by atoms with Gasteiger partial charge in [-0.25, -0.2) is 4.98 Å². The molecule has 0 aromatic carbocycles. The first-order chi connectivity index (χ1) is 6.66. The molecule has 0 radical (unpaired) electrons. The summed E-state index contributed by atoms with van der Waals surface area (Å²) in [6.45, 7) is 2.53. The molecular formula is C9H12N2O3. The van der Waals surface area contributed by atoms with Gasteiger partial charge in [-0.15, -0.1) is 0 Å². The summed E-state index contributed by atoms with van der Waals surface area (Å²) in [5.74, 6) is 0.467. The lowest BCUT2D eigenvalue weighted by Crippen LogP contribution is -2.30. The summed E-state index contributed by atoms with van der Waals surface area (Å²) in [6, 6.07) is -0.225. The van der Waals surface area contributed by atoms with Crippen LogP contribution in [0.25, 0.3) is 0 Å². The van der Waals surface area contributed by atoms with E-state index >= 15 is 0 Å². The van der Waals surface area contributed by atoms with E-state index in [4.69, 9.17) is 9.52 Å². The summed E-state index contributed by atoms with van der Waals surface area (Å²) >= 11 is 0. The zero-order valence-electron chi connectivity index (χ0n) is 7.91. The van der Waals surface area contributed by atoms with E-state index in [1.165, 1.54) is 0 Å². The SMILES string of the molecule is Cc1nc2c(o1)C(CC(=O)O)NCC2. The number of carboxylic acid groups (broad SMARTS) is 1. The van der Waals surface area contributed by atoms with E-state index in [0.29, 0.717) is 11.7 Å². The smallest absolute Gasteiger partial charge is 0.305 e. The van der Waals surface area contributed by atoms with Crippen LogP contribution < -0.4 is 5.32 Å². The number of nitrogens with one attached hydrogen (secondary N) is 1. The minimum absolute atomic E-state index is 0.0433. The van der Waals surface area contributed by atoms with E-state index in [9.17, 15) is 4.79 Å². The van der Waals surface area contributed by atoms with Crippen LogP contribution in [0.5, 0.6) is 0 Å². The molecule has 5 heteroatoms. The number of aromatic nitrogens is 1. The Morgan fingerprint density at radius 2 is 2.57 bits per heavy atom. The van der Waals surface area contributed by atoms with Gasteiger partial charge in [0.15, 0.2) is 5.89 Å². The summed E-state index contributed by atoms with van der Waals surface area (Å²) in [5.41, 5.74) is 0.896. The molecule has 0 aliphatic carbocycles. The van der Waals surface area contributed by atoms with Gasteiger partial charge in [-0.1, -0.05) is 0 Å². The van der Waals surface area contributed by atoms with Crippen molar-refractivity contribution >= 4 is 5.97 Å². The summed E-state index contributed by atoms with van der Waals surface area (Å²) in [4.78, 5) is 14.8. The second-order valence-corrected chi connectivity index (χ2v) is 3.40. The minimum atomic E-state index is -0.829. The van der Waals surface area contributed by atoms with E-state index in [2.05, 4.69) is 10.3 Å². The number of oxazole rings is 1. The molecule has 0 saturated carbocycles. The molecule has 2 heterocycles. The summed E-state index contributed by atoms with van der Waals surface area (Å²) in [7, 11) is 0. The van der Waals surface area contributed by atoms with Crippen LogP contribution >= 0.6 is 0 Å². The monoisotopic (exact) mass is 196 g/mol. The highest BCUT2D eigenvalue weighted by molar-refractivity contribution is 5.67. The van der Waals surface area contributed by atoms with Crippen LogP contribution in [-0.4, -0.2) is 22.6 Å². The van der Waals surface area contributed by atoms with Crippen molar-refractivity contribution in [2.24, 2.45) is 0 Å². The molecule has 1 unspecified atom stereocenters. The van der Waals surface area contributed by atoms with Gasteiger partial charge in [-0.3, -0.25) is 4.79 Å². The Bertz CT molecular complexity index is 359. The number of carbonyl (C=O) groups is 1. The lowest BCUT2D eigenvalue weighted by molar-refractivity contribution is -0.137. The van der Waals surface area contributed by atoms with Crippen molar-refractivity contribution in [2.75, 3.05) is 6.54 Å². The predicted molar refractivity (Wildman–Crippen MR) is 47.9 cm³/mol. The maximum atomic E-state index is 10.6. The molecule has 0 spiro atoms. The quantitative estimate of drug-likeness (QED) is 0.726. The summed E-state index contributed by atoms with van der Waals surface area (Å²) < 4.78 is 5.38. The predicted octanol–water partition coefficient (Wildman–Crippen LogP) is 0.645. The number of aryl methyl sites for hydroxylation is 1. The number of hydrogen-bond acceptors (Lipinski definition) is 4. The van der Waals surface area contributed by atoms with E-state index in [1.54, 1.807) is 6.92 Å². The van der Waals surface area contributed by atoms with Crippen molar-refractivity contribution < 1.29 is 14.3 Å². The first-order valence-electron chi connectivity index (χ1n) is 4.58. The van der Waals surface area contributed by atoms with Crippen molar-refractivity contribution in [3.05, 3.63) is 17.3 Å². The molecule has 1 aromatic heterocycles. The van der Waals surface area contributed by atoms with Crippen molar-refractivity contribution in [1.82, 2.24) is 10.3 Å². The molecule has 14 heavy (non-hydrogen) atoms. The van der Waals surface area contributed by atoms with Gasteiger partial charge in [-0.2, -0.15) is 0 Å². The Labute approximate surface area is 81.1 Å². The first kappa shape index (κ1) is 9.21. The third kappa shape index (κ3) is 1.63. The molecule has 0 fully saturated rings. The fraction of sp³-hybridized carbons (Fsp3) is 0.556. The van der Waals surface area contributed by atoms with Crippen LogP contribution in [-0.2, 0) is 11.2 Å². The molecule has 1 aliphatic rings. The number of fused-ring (bicyclic) bond motifs is 1. The van der Waals surface area contributed by atoms with Gasteiger partial charge in [0.1, 0.15) is 5.76 Å². The zero-order valence-corrected chi connectivity index (χ0v) is 7.91. The van der Waals surface area contributed by atoms with Gasteiger partial charge < -0.3 is 14.8 Å². The maximum absolute atomic E-state index is 10.6. The van der Waals surface area contributed by atoms with Crippen LogP contribution in [0.2, 0.25) is 0 Å². The zero-order chi connectivity index (χ0) is 10.1. The fourth-order valence-corrected chi connectivity index (χ4v) is 1.73. The Hall–Kier alpha value is -1.36. The van der Waals surface area contributed by atoms with E-state index in [-0.39, 0.29) is 12.5 Å². The van der Waals surface area contributed by atoms with Gasteiger partial charge in [-0.05, 0) is 0 Å². The molecule has 0 bridgehead atoms. The summed E-state index contributed by atoms with van der Waals surface area (Å²) in [5, 5.41) is 11.8. The van der Waals surface area contributed by atoms with Crippen LogP contribution in [0.3, 0.4) is 0 Å². The second kappa shape index (κ2) is 3.42. The van der Waals surface area contributed by atoms with E-state index < -0.39 is 5.97 Å². The average Bonchev–Trinajstić information content (AvgIpc) is 2.45. The maximum Gasteiger partial charge on any atom is 0.305 e. The Morgan fingerprint density at radius 1 is 1.79 bits per heavy atom. The Balaban J connectivity index is 2.25. The number of nitrogens with zero attached hydrogens (tertiary/aromatic N) is 1. The molecular weight excluding hydrogens is 184 g/mol. The van der Waals surface area contributed by atoms with Crippen LogP contribution in [0.15, 0.2) is 4.42 Å². The highest BCUT2D eigenvalue weighted by Gasteiger charge is 2.26. The van der Waals surface area contributed by atoms with Crippen molar-refractivity contribution in [3.8, 4) is 0 Å². The van der Waals surface area contributed by atoms with Gasteiger partial charge in [0.05, 0.1) is 18.2 Å². The molecule has 76 valence electrons. The molecule has 2 rings (SSSR count). The highest BCUT2D eigenvalue weighted by Crippen LogP contribution is 2.25. The van der Waals surface area contributed by atoms with Gasteiger partial charge in [0.25, 0.3) is 0 Å². The summed E-state index contributed by atoms with van der Waals surface area (Å²) in [6.07, 6.45) is 0.852. The average molecular weight is 196 g/mol. The standard InChI is InChI=1S/C9H12N2O3/c1-5-11-6-2-3-10-7(4-8(12)13)9(6)14-5/h7,10H,2-4H2,1H3,(H,12,13). The third-order valence-corrected chi connectivity index (χ3v) is 2.28. The van der Waals surface area contributed by atoms with Gasteiger partial charge in [0, 0.05) is 19.9 Å². The molecule has 0 amide bonds.